The molecule has 3 atom stereocenters. The number of fused-ring (bicyclic) bond motifs is 3. The summed E-state index contributed by atoms with van der Waals surface area (Å²) >= 11 is 0. The molecule has 1 N–H and O–H groups in total. The molecule has 2 aliphatic carbocycles. The first kappa shape index (κ1) is 14.9. The van der Waals surface area contributed by atoms with Gasteiger partial charge < -0.3 is 15.4 Å². The van der Waals surface area contributed by atoms with Crippen LogP contribution in [0.15, 0.2) is 36.5 Å². The van der Waals surface area contributed by atoms with Crippen LogP contribution in [0, 0.1) is 22.0 Å². The predicted molar refractivity (Wildman–Crippen MR) is 86.4 cm³/mol. The quantitative estimate of drug-likeness (QED) is 0.671. The Bertz CT molecular complexity index is 801. The van der Waals surface area contributed by atoms with E-state index in [0.717, 1.165) is 6.42 Å². The molecule has 2 aliphatic rings. The minimum atomic E-state index is -0.569. The number of aromatic nitrogens is 2. The summed E-state index contributed by atoms with van der Waals surface area (Å²) in [6.45, 7) is 0.665. The molecule has 1 fully saturated rings. The van der Waals surface area contributed by atoms with Crippen LogP contribution in [0.25, 0.3) is 0 Å². The van der Waals surface area contributed by atoms with Crippen molar-refractivity contribution >= 4 is 11.7 Å². The molecule has 7 heteroatoms. The van der Waals surface area contributed by atoms with E-state index in [1.54, 1.807) is 0 Å². The average Bonchev–Trinajstić information content (AvgIpc) is 3.10. The Balaban J connectivity index is 1.32. The van der Waals surface area contributed by atoms with Crippen molar-refractivity contribution in [2.75, 3.05) is 6.54 Å². The van der Waals surface area contributed by atoms with Gasteiger partial charge in [-0.15, -0.1) is 0 Å². The molecule has 124 valence electrons. The summed E-state index contributed by atoms with van der Waals surface area (Å²) in [7, 11) is 0. The summed E-state index contributed by atoms with van der Waals surface area (Å²) in [6.07, 6.45) is 3.76. The Kier molecular flexibility index (Phi) is 3.55. The minimum absolute atomic E-state index is 0.00643. The van der Waals surface area contributed by atoms with E-state index in [0.29, 0.717) is 24.3 Å². The van der Waals surface area contributed by atoms with Gasteiger partial charge in [-0.3, -0.25) is 4.79 Å². The maximum atomic E-state index is 12.0. The van der Waals surface area contributed by atoms with Crippen molar-refractivity contribution in [1.29, 1.82) is 0 Å². The number of hydrogen-bond donors (Lipinski definition) is 1. The van der Waals surface area contributed by atoms with Gasteiger partial charge in [-0.1, -0.05) is 24.3 Å². The first-order chi connectivity index (χ1) is 11.6. The van der Waals surface area contributed by atoms with Crippen LogP contribution in [-0.4, -0.2) is 27.2 Å². The topological polar surface area (TPSA) is 90.1 Å². The third-order valence-electron chi connectivity index (χ3n) is 5.15. The third kappa shape index (κ3) is 2.66. The highest BCUT2D eigenvalue weighted by molar-refractivity contribution is 5.75. The number of nitrogens with zero attached hydrogens (tertiary/aromatic N) is 3. The number of carbonyl (C=O) groups is 1. The fraction of sp³-hybridized carbons (Fsp3) is 0.412. The standard InChI is InChI=1S/C17H18N4O3/c22-16(10-20-8-7-15(19-20)21(23)24)18-9-14-13-6-5-11-3-1-2-4-12(11)17(13)14/h1-4,7-8,13-14,17H,5-6,9-10H2,(H,18,22)/t13-,14+,17-/m0/s1. The van der Waals surface area contributed by atoms with Gasteiger partial charge in [-0.05, 0) is 46.6 Å². The molecular formula is C17H18N4O3. The molecule has 24 heavy (non-hydrogen) atoms. The van der Waals surface area contributed by atoms with E-state index in [1.807, 2.05) is 0 Å². The lowest BCUT2D eigenvalue weighted by molar-refractivity contribution is -0.389. The van der Waals surface area contributed by atoms with Crippen molar-refractivity contribution < 1.29 is 9.72 Å². The SMILES string of the molecule is O=C(Cn1ccc([N+](=O)[O-])n1)NC[C@@H]1[C@@H]2CCc3ccccc3[C@H]12. The molecule has 1 saturated carbocycles. The van der Waals surface area contributed by atoms with Crippen molar-refractivity contribution in [2.24, 2.45) is 11.8 Å². The first-order valence-corrected chi connectivity index (χ1v) is 8.16. The van der Waals surface area contributed by atoms with Crippen molar-refractivity contribution in [3.8, 4) is 0 Å². The molecular weight excluding hydrogens is 308 g/mol. The largest absolute Gasteiger partial charge is 0.389 e. The van der Waals surface area contributed by atoms with E-state index in [4.69, 9.17) is 0 Å². The molecule has 4 rings (SSSR count). The normalized spacial score (nSPS) is 23.9. The van der Waals surface area contributed by atoms with E-state index in [2.05, 4.69) is 34.7 Å². The predicted octanol–water partition coefficient (Wildman–Crippen LogP) is 1.88. The van der Waals surface area contributed by atoms with Crippen LogP contribution in [0.5, 0.6) is 0 Å². The molecule has 1 heterocycles. The van der Waals surface area contributed by atoms with Gasteiger partial charge in [0.25, 0.3) is 0 Å². The zero-order chi connectivity index (χ0) is 16.7. The number of aryl methyl sites for hydroxylation is 1. The summed E-state index contributed by atoms with van der Waals surface area (Å²) in [4.78, 5) is 22.1. The Hall–Kier alpha value is -2.70. The number of benzene rings is 1. The minimum Gasteiger partial charge on any atom is -0.358 e. The molecule has 0 saturated heterocycles. The molecule has 0 radical (unpaired) electrons. The molecule has 2 aromatic rings. The van der Waals surface area contributed by atoms with Crippen LogP contribution in [0.1, 0.15) is 23.5 Å². The zero-order valence-corrected chi connectivity index (χ0v) is 13.1. The van der Waals surface area contributed by atoms with Gasteiger partial charge in [0.15, 0.2) is 0 Å². The Morgan fingerprint density at radius 3 is 3.00 bits per heavy atom. The molecule has 0 unspecified atom stereocenters. The zero-order valence-electron chi connectivity index (χ0n) is 13.1. The highest BCUT2D eigenvalue weighted by Crippen LogP contribution is 2.59. The first-order valence-electron chi connectivity index (χ1n) is 8.16. The van der Waals surface area contributed by atoms with Crippen LogP contribution in [0.2, 0.25) is 0 Å². The van der Waals surface area contributed by atoms with E-state index in [-0.39, 0.29) is 18.3 Å². The van der Waals surface area contributed by atoms with Crippen molar-refractivity contribution in [2.45, 2.75) is 25.3 Å². The highest BCUT2D eigenvalue weighted by Gasteiger charge is 2.52. The van der Waals surface area contributed by atoms with Crippen molar-refractivity contribution in [1.82, 2.24) is 15.1 Å². The average molecular weight is 326 g/mol. The van der Waals surface area contributed by atoms with Crippen LogP contribution in [0.4, 0.5) is 5.82 Å². The molecule has 7 nitrogen and oxygen atoms in total. The summed E-state index contributed by atoms with van der Waals surface area (Å²) in [5.41, 5.74) is 2.88. The van der Waals surface area contributed by atoms with E-state index < -0.39 is 4.92 Å². The van der Waals surface area contributed by atoms with Crippen LogP contribution >= 0.6 is 0 Å². The summed E-state index contributed by atoms with van der Waals surface area (Å²) in [5, 5.41) is 17.3. The molecule has 0 bridgehead atoms. The number of hydrogen-bond acceptors (Lipinski definition) is 4. The van der Waals surface area contributed by atoms with Gasteiger partial charge in [0.05, 0.1) is 17.4 Å². The molecule has 0 aliphatic heterocycles. The Morgan fingerprint density at radius 1 is 1.38 bits per heavy atom. The monoisotopic (exact) mass is 326 g/mol. The van der Waals surface area contributed by atoms with E-state index in [1.165, 1.54) is 34.5 Å². The number of carbonyl (C=O) groups excluding carboxylic acids is 1. The molecule has 0 spiro atoms. The second-order valence-electron chi connectivity index (χ2n) is 6.52. The fourth-order valence-corrected chi connectivity index (χ4v) is 3.96. The fourth-order valence-electron chi connectivity index (χ4n) is 3.96. The number of nitrogens with one attached hydrogen (secondary N) is 1. The van der Waals surface area contributed by atoms with E-state index in [9.17, 15) is 14.9 Å². The molecule has 1 aromatic heterocycles. The summed E-state index contributed by atoms with van der Waals surface area (Å²) in [6, 6.07) is 9.86. The van der Waals surface area contributed by atoms with Gasteiger partial charge >= 0.3 is 5.82 Å². The van der Waals surface area contributed by atoms with Crippen LogP contribution < -0.4 is 5.32 Å². The molecule has 1 aromatic carbocycles. The van der Waals surface area contributed by atoms with Gasteiger partial charge in [0, 0.05) is 6.54 Å². The highest BCUT2D eigenvalue weighted by atomic mass is 16.6. The lowest BCUT2D eigenvalue weighted by atomic mass is 9.92. The number of amides is 1. The van der Waals surface area contributed by atoms with Gasteiger partial charge in [-0.2, -0.15) is 4.68 Å². The van der Waals surface area contributed by atoms with Gasteiger partial charge in [-0.25, -0.2) is 0 Å². The third-order valence-corrected chi connectivity index (χ3v) is 5.15. The molecule has 1 amide bonds. The lowest BCUT2D eigenvalue weighted by Gasteiger charge is -2.13. The second kappa shape index (κ2) is 5.74. The summed E-state index contributed by atoms with van der Waals surface area (Å²) < 4.78 is 1.29. The Labute approximate surface area is 138 Å². The van der Waals surface area contributed by atoms with E-state index >= 15 is 0 Å². The van der Waals surface area contributed by atoms with Gasteiger partial charge in [0.1, 0.15) is 6.54 Å². The lowest BCUT2D eigenvalue weighted by Crippen LogP contribution is -2.30. The summed E-state index contributed by atoms with van der Waals surface area (Å²) in [5.74, 6) is 1.34. The Morgan fingerprint density at radius 2 is 2.21 bits per heavy atom. The second-order valence-corrected chi connectivity index (χ2v) is 6.52. The van der Waals surface area contributed by atoms with Crippen LogP contribution in [-0.2, 0) is 17.8 Å². The maximum Gasteiger partial charge on any atom is 0.389 e. The maximum absolute atomic E-state index is 12.0. The number of rotatable bonds is 5. The number of nitro groups is 1. The van der Waals surface area contributed by atoms with Gasteiger partial charge in [0.2, 0.25) is 5.91 Å². The smallest absolute Gasteiger partial charge is 0.358 e. The van der Waals surface area contributed by atoms with Crippen molar-refractivity contribution in [3.05, 3.63) is 57.8 Å². The van der Waals surface area contributed by atoms with Crippen molar-refractivity contribution in [3.63, 3.8) is 0 Å². The van der Waals surface area contributed by atoms with Crippen LogP contribution in [0.3, 0.4) is 0 Å².